The first kappa shape index (κ1) is 13.3. The van der Waals surface area contributed by atoms with E-state index >= 15 is 0 Å². The highest BCUT2D eigenvalue weighted by Gasteiger charge is 2.12. The molecule has 0 spiro atoms. The number of halogens is 2. The van der Waals surface area contributed by atoms with Crippen LogP contribution in [0, 0.1) is 34.8 Å². The van der Waals surface area contributed by atoms with Crippen LogP contribution in [0.3, 0.4) is 0 Å². The van der Waals surface area contributed by atoms with Crippen LogP contribution >= 0.6 is 45.2 Å². The van der Waals surface area contributed by atoms with Crippen LogP contribution in [0.1, 0.15) is 22.8 Å². The fraction of sp³-hybridized carbons (Fsp3) is 0.455. The van der Waals surface area contributed by atoms with Gasteiger partial charge in [0.2, 0.25) is 0 Å². The third-order valence-corrected chi connectivity index (χ3v) is 5.98. The summed E-state index contributed by atoms with van der Waals surface area (Å²) in [5, 5.41) is 9.06. The van der Waals surface area contributed by atoms with E-state index in [1.54, 1.807) is 0 Å². The Morgan fingerprint density at radius 2 is 1.18 bits per heavy atom. The minimum absolute atomic E-state index is 0.686. The third-order valence-electron chi connectivity index (χ3n) is 2.85. The van der Waals surface area contributed by atoms with Crippen LogP contribution in [0.2, 0.25) is 0 Å². The summed E-state index contributed by atoms with van der Waals surface area (Å²) in [6.45, 7) is 8.95. The molecule has 2 rings (SSSR count). The predicted molar refractivity (Wildman–Crippen MR) is 84.2 cm³/mol. The first-order chi connectivity index (χ1) is 7.91. The van der Waals surface area contributed by atoms with Crippen LogP contribution < -0.4 is 0 Å². The van der Waals surface area contributed by atoms with Crippen LogP contribution in [0.25, 0.3) is 0 Å². The smallest absolute Gasteiger partial charge is 0.133 e. The molecule has 0 unspecified atom stereocenters. The maximum Gasteiger partial charge on any atom is 0.133 e. The molecule has 0 amide bonds. The van der Waals surface area contributed by atoms with E-state index in [1.807, 2.05) is 23.2 Å². The Labute approximate surface area is 128 Å². The lowest BCUT2D eigenvalue weighted by atomic mass is 10.4. The van der Waals surface area contributed by atoms with E-state index in [0.717, 1.165) is 11.4 Å². The molecule has 2 aromatic rings. The average molecular weight is 456 g/mol. The molecule has 4 nitrogen and oxygen atoms in total. The van der Waals surface area contributed by atoms with E-state index in [0.29, 0.717) is 6.67 Å². The zero-order valence-electron chi connectivity index (χ0n) is 10.3. The highest BCUT2D eigenvalue weighted by atomic mass is 127. The lowest BCUT2D eigenvalue weighted by Crippen LogP contribution is -2.13. The molecular weight excluding hydrogens is 442 g/mol. The topological polar surface area (TPSA) is 35.6 Å². The maximum absolute atomic E-state index is 4.53. The van der Waals surface area contributed by atoms with Gasteiger partial charge < -0.3 is 0 Å². The molecule has 92 valence electrons. The summed E-state index contributed by atoms with van der Waals surface area (Å²) in [5.74, 6) is 0. The van der Waals surface area contributed by atoms with E-state index in [-0.39, 0.29) is 0 Å². The van der Waals surface area contributed by atoms with Crippen molar-refractivity contribution in [2.24, 2.45) is 0 Å². The second kappa shape index (κ2) is 4.87. The summed E-state index contributed by atoms with van der Waals surface area (Å²) in [6, 6.07) is 0. The molecule has 0 bridgehead atoms. The molecule has 2 aromatic heterocycles. The van der Waals surface area contributed by atoms with Gasteiger partial charge in [-0.1, -0.05) is 0 Å². The van der Waals surface area contributed by atoms with Crippen molar-refractivity contribution >= 4 is 45.2 Å². The monoisotopic (exact) mass is 456 g/mol. The Kier molecular flexibility index (Phi) is 3.81. The molecule has 0 atom stereocenters. The van der Waals surface area contributed by atoms with Gasteiger partial charge in [-0.2, -0.15) is 10.2 Å². The maximum atomic E-state index is 4.53. The molecular formula is C11H14I2N4. The lowest BCUT2D eigenvalue weighted by Gasteiger charge is -2.06. The average Bonchev–Trinajstić information content (AvgIpc) is 2.66. The minimum Gasteiger partial charge on any atom is -0.247 e. The van der Waals surface area contributed by atoms with Gasteiger partial charge >= 0.3 is 0 Å². The summed E-state index contributed by atoms with van der Waals surface area (Å²) < 4.78 is 6.48. The second-order valence-electron chi connectivity index (χ2n) is 4.11. The van der Waals surface area contributed by atoms with Crippen molar-refractivity contribution in [1.82, 2.24) is 19.6 Å². The molecule has 0 saturated carbocycles. The normalized spacial score (nSPS) is 11.2. The van der Waals surface area contributed by atoms with Gasteiger partial charge in [-0.3, -0.25) is 0 Å². The highest BCUT2D eigenvalue weighted by molar-refractivity contribution is 14.1. The molecule has 0 N–H and O–H groups in total. The minimum atomic E-state index is 0.686. The van der Waals surface area contributed by atoms with E-state index in [4.69, 9.17) is 0 Å². The number of rotatable bonds is 2. The van der Waals surface area contributed by atoms with Gasteiger partial charge in [0.25, 0.3) is 0 Å². The molecule has 0 saturated heterocycles. The van der Waals surface area contributed by atoms with Gasteiger partial charge in [-0.25, -0.2) is 9.36 Å². The fourth-order valence-corrected chi connectivity index (χ4v) is 2.53. The van der Waals surface area contributed by atoms with Crippen molar-refractivity contribution in [3.63, 3.8) is 0 Å². The summed E-state index contributed by atoms with van der Waals surface area (Å²) in [7, 11) is 0. The Hall–Kier alpha value is -0.120. The fourth-order valence-electron chi connectivity index (χ4n) is 1.75. The van der Waals surface area contributed by atoms with Crippen LogP contribution in [0.5, 0.6) is 0 Å². The number of hydrogen-bond acceptors (Lipinski definition) is 2. The highest BCUT2D eigenvalue weighted by Crippen LogP contribution is 2.18. The van der Waals surface area contributed by atoms with E-state index in [9.17, 15) is 0 Å². The van der Waals surface area contributed by atoms with E-state index in [1.165, 1.54) is 18.5 Å². The Morgan fingerprint density at radius 1 is 0.824 bits per heavy atom. The first-order valence-electron chi connectivity index (χ1n) is 5.30. The van der Waals surface area contributed by atoms with Crippen LogP contribution in [-0.2, 0) is 6.67 Å². The zero-order chi connectivity index (χ0) is 12.7. The second-order valence-corrected chi connectivity index (χ2v) is 6.27. The third kappa shape index (κ3) is 2.38. The number of aryl methyl sites for hydroxylation is 2. The van der Waals surface area contributed by atoms with Crippen molar-refractivity contribution in [1.29, 1.82) is 0 Å². The molecule has 0 aliphatic carbocycles. The van der Waals surface area contributed by atoms with Crippen molar-refractivity contribution < 1.29 is 0 Å². The molecule has 0 radical (unpaired) electrons. The summed E-state index contributed by atoms with van der Waals surface area (Å²) in [6.07, 6.45) is 0. The van der Waals surface area contributed by atoms with Crippen molar-refractivity contribution in [3.8, 4) is 0 Å². The summed E-state index contributed by atoms with van der Waals surface area (Å²) in [5.41, 5.74) is 4.56. The Bertz CT molecular complexity index is 518. The number of aromatic nitrogens is 4. The van der Waals surface area contributed by atoms with Crippen LogP contribution in [0.15, 0.2) is 0 Å². The van der Waals surface area contributed by atoms with Crippen LogP contribution in [-0.4, -0.2) is 19.6 Å². The predicted octanol–water partition coefficient (Wildman–Crippen LogP) is 3.03. The molecule has 17 heavy (non-hydrogen) atoms. The van der Waals surface area contributed by atoms with Gasteiger partial charge in [-0.05, 0) is 72.9 Å². The lowest BCUT2D eigenvalue weighted by molar-refractivity contribution is 0.480. The van der Waals surface area contributed by atoms with Gasteiger partial charge in [0, 0.05) is 0 Å². The number of nitrogens with zero attached hydrogens (tertiary/aromatic N) is 4. The van der Waals surface area contributed by atoms with Gasteiger partial charge in [-0.15, -0.1) is 0 Å². The summed E-state index contributed by atoms with van der Waals surface area (Å²) in [4.78, 5) is 0. The van der Waals surface area contributed by atoms with Gasteiger partial charge in [0.1, 0.15) is 6.67 Å². The first-order valence-corrected chi connectivity index (χ1v) is 7.46. The molecule has 2 heterocycles. The van der Waals surface area contributed by atoms with Crippen LogP contribution in [0.4, 0.5) is 0 Å². The molecule has 0 aromatic carbocycles. The summed E-state index contributed by atoms with van der Waals surface area (Å²) >= 11 is 4.68. The molecule has 0 aliphatic heterocycles. The van der Waals surface area contributed by atoms with Crippen molar-refractivity contribution in [2.75, 3.05) is 0 Å². The van der Waals surface area contributed by atoms with Crippen molar-refractivity contribution in [2.45, 2.75) is 34.4 Å². The van der Waals surface area contributed by atoms with E-state index < -0.39 is 0 Å². The Morgan fingerprint density at radius 3 is 1.41 bits per heavy atom. The molecule has 0 fully saturated rings. The van der Waals surface area contributed by atoms with E-state index in [2.05, 4.69) is 69.2 Å². The molecule has 6 heteroatoms. The zero-order valence-corrected chi connectivity index (χ0v) is 14.6. The standard InChI is InChI=1S/C11H14I2N4/c1-6-10(12)8(3)16(14-6)5-17-9(4)11(13)7(2)15-17/h5H2,1-4H3. The van der Waals surface area contributed by atoms with Crippen molar-refractivity contribution in [3.05, 3.63) is 29.9 Å². The number of hydrogen-bond donors (Lipinski definition) is 0. The SMILES string of the molecule is Cc1nn(Cn2nc(C)c(I)c2C)c(C)c1I. The Balaban J connectivity index is 2.38. The largest absolute Gasteiger partial charge is 0.247 e. The van der Waals surface area contributed by atoms with Gasteiger partial charge in [0.15, 0.2) is 0 Å². The molecule has 0 aliphatic rings. The van der Waals surface area contributed by atoms with Gasteiger partial charge in [0.05, 0.1) is 29.9 Å². The quantitative estimate of drug-likeness (QED) is 0.652.